The number of ether oxygens (including phenoxy) is 1. The second kappa shape index (κ2) is 6.11. The predicted octanol–water partition coefficient (Wildman–Crippen LogP) is 2.99. The number of hydrogen-bond donors (Lipinski definition) is 0. The Morgan fingerprint density at radius 3 is 2.79 bits per heavy atom. The molecule has 2 rings (SSSR count). The largest absolute Gasteiger partial charge is 0.374 e. The average Bonchev–Trinajstić information content (AvgIpc) is 2.69. The van der Waals surface area contributed by atoms with Gasteiger partial charge in [-0.15, -0.1) is 11.3 Å². The van der Waals surface area contributed by atoms with Crippen LogP contribution in [0.4, 0.5) is 0 Å². The molecule has 108 valence electrons. The third-order valence-corrected chi connectivity index (χ3v) is 7.56. The van der Waals surface area contributed by atoms with E-state index in [0.717, 1.165) is 8.66 Å². The fraction of sp³-hybridized carbons (Fsp3) is 0.636. The van der Waals surface area contributed by atoms with Gasteiger partial charge < -0.3 is 4.74 Å². The van der Waals surface area contributed by atoms with Crippen molar-refractivity contribution >= 4 is 53.2 Å². The lowest BCUT2D eigenvalue weighted by atomic mass is 10.2. The molecule has 1 aromatic heterocycles. The molecular formula is C11H15Br2NO3S2. The highest BCUT2D eigenvalue weighted by Gasteiger charge is 2.36. The molecule has 2 heterocycles. The average molecular weight is 433 g/mol. The molecular weight excluding hydrogens is 418 g/mol. The van der Waals surface area contributed by atoms with Crippen molar-refractivity contribution in [3.63, 3.8) is 0 Å². The van der Waals surface area contributed by atoms with E-state index in [2.05, 4.69) is 31.9 Å². The molecule has 1 fully saturated rings. The van der Waals surface area contributed by atoms with Crippen LogP contribution in [-0.4, -0.2) is 43.4 Å². The molecule has 2 unspecified atom stereocenters. The number of hydrogen-bond acceptors (Lipinski definition) is 4. The van der Waals surface area contributed by atoms with Crippen LogP contribution >= 0.6 is 43.2 Å². The molecule has 19 heavy (non-hydrogen) atoms. The predicted molar refractivity (Wildman–Crippen MR) is 83.6 cm³/mol. The first-order valence-electron chi connectivity index (χ1n) is 5.81. The minimum absolute atomic E-state index is 0.0895. The van der Waals surface area contributed by atoms with Crippen molar-refractivity contribution in [2.75, 3.05) is 18.5 Å². The number of nitrogens with zero attached hydrogens (tertiary/aromatic N) is 1. The van der Waals surface area contributed by atoms with Gasteiger partial charge in [0.25, 0.3) is 0 Å². The molecule has 0 bridgehead atoms. The van der Waals surface area contributed by atoms with Crippen LogP contribution < -0.4 is 0 Å². The van der Waals surface area contributed by atoms with E-state index in [1.807, 2.05) is 13.8 Å². The summed E-state index contributed by atoms with van der Waals surface area (Å²) in [5, 5.41) is 0.637. The van der Waals surface area contributed by atoms with Crippen molar-refractivity contribution < 1.29 is 13.2 Å². The van der Waals surface area contributed by atoms with Crippen molar-refractivity contribution in [1.82, 2.24) is 4.31 Å². The van der Waals surface area contributed by atoms with Gasteiger partial charge in [0.05, 0.1) is 21.4 Å². The number of halogens is 2. The first-order valence-corrected chi connectivity index (χ1v) is 9.98. The van der Waals surface area contributed by atoms with Crippen LogP contribution in [0.1, 0.15) is 11.8 Å². The van der Waals surface area contributed by atoms with Gasteiger partial charge in [-0.1, -0.05) is 15.9 Å². The summed E-state index contributed by atoms with van der Waals surface area (Å²) in [6, 6.07) is 1.54. The number of alkyl halides is 1. The molecule has 0 saturated carbocycles. The highest BCUT2D eigenvalue weighted by atomic mass is 79.9. The maximum absolute atomic E-state index is 12.7. The molecule has 1 aliphatic heterocycles. The second-order valence-electron chi connectivity index (χ2n) is 4.50. The van der Waals surface area contributed by atoms with E-state index >= 15 is 0 Å². The Morgan fingerprint density at radius 2 is 2.26 bits per heavy atom. The van der Waals surface area contributed by atoms with E-state index in [9.17, 15) is 8.42 Å². The zero-order chi connectivity index (χ0) is 14.2. The highest BCUT2D eigenvalue weighted by molar-refractivity contribution is 9.11. The van der Waals surface area contributed by atoms with E-state index in [-0.39, 0.29) is 12.1 Å². The van der Waals surface area contributed by atoms with Crippen LogP contribution in [0.2, 0.25) is 0 Å². The molecule has 0 aromatic carbocycles. The van der Waals surface area contributed by atoms with Crippen LogP contribution in [0.3, 0.4) is 0 Å². The Bertz CT molecular complexity index is 558. The first kappa shape index (κ1) is 15.9. The lowest BCUT2D eigenvalue weighted by Crippen LogP contribution is -2.51. The fourth-order valence-corrected chi connectivity index (χ4v) is 6.46. The molecule has 2 atom stereocenters. The van der Waals surface area contributed by atoms with E-state index in [0.29, 0.717) is 23.4 Å². The summed E-state index contributed by atoms with van der Waals surface area (Å²) < 4.78 is 33.4. The SMILES string of the molecule is Cc1sc(Br)cc1S(=O)(=O)N1CC(CBr)OCC1C. The topological polar surface area (TPSA) is 46.6 Å². The summed E-state index contributed by atoms with van der Waals surface area (Å²) in [7, 11) is -3.45. The van der Waals surface area contributed by atoms with Crippen molar-refractivity contribution in [2.24, 2.45) is 0 Å². The summed E-state index contributed by atoms with van der Waals surface area (Å²) in [5.74, 6) is 0. The van der Waals surface area contributed by atoms with Gasteiger partial charge in [-0.25, -0.2) is 8.42 Å². The van der Waals surface area contributed by atoms with Gasteiger partial charge in [0, 0.05) is 22.8 Å². The smallest absolute Gasteiger partial charge is 0.244 e. The molecule has 0 amide bonds. The number of aryl methyl sites for hydroxylation is 1. The third-order valence-electron chi connectivity index (χ3n) is 3.05. The monoisotopic (exact) mass is 431 g/mol. The van der Waals surface area contributed by atoms with Gasteiger partial charge in [-0.05, 0) is 35.8 Å². The van der Waals surface area contributed by atoms with Crippen molar-refractivity contribution in [1.29, 1.82) is 0 Å². The summed E-state index contributed by atoms with van der Waals surface area (Å²) in [6.07, 6.45) is -0.0895. The highest BCUT2D eigenvalue weighted by Crippen LogP contribution is 2.33. The molecule has 0 aliphatic carbocycles. The summed E-state index contributed by atoms with van der Waals surface area (Å²) in [5.41, 5.74) is 0. The number of thiophene rings is 1. The van der Waals surface area contributed by atoms with Gasteiger partial charge in [0.2, 0.25) is 10.0 Å². The molecule has 8 heteroatoms. The minimum atomic E-state index is -3.45. The third kappa shape index (κ3) is 3.24. The molecule has 1 saturated heterocycles. The fourth-order valence-electron chi connectivity index (χ4n) is 2.03. The molecule has 0 N–H and O–H groups in total. The Balaban J connectivity index is 2.35. The van der Waals surface area contributed by atoms with Gasteiger partial charge in [0.1, 0.15) is 0 Å². The molecule has 1 aliphatic rings. The second-order valence-corrected chi connectivity index (χ2v) is 9.65. The zero-order valence-corrected chi connectivity index (χ0v) is 15.4. The van der Waals surface area contributed by atoms with Crippen LogP contribution in [0.5, 0.6) is 0 Å². The number of morpholine rings is 1. The Hall–Kier alpha value is 0.530. The number of rotatable bonds is 3. The Kier molecular flexibility index (Phi) is 5.12. The van der Waals surface area contributed by atoms with Crippen molar-refractivity contribution in [2.45, 2.75) is 30.9 Å². The Morgan fingerprint density at radius 1 is 1.58 bits per heavy atom. The van der Waals surface area contributed by atoms with Crippen LogP contribution in [-0.2, 0) is 14.8 Å². The summed E-state index contributed by atoms with van der Waals surface area (Å²) in [6.45, 7) is 4.52. The van der Waals surface area contributed by atoms with Gasteiger partial charge in [-0.3, -0.25) is 0 Å². The molecule has 1 aromatic rings. The van der Waals surface area contributed by atoms with E-state index in [1.54, 1.807) is 10.4 Å². The van der Waals surface area contributed by atoms with Crippen LogP contribution in [0.25, 0.3) is 0 Å². The maximum Gasteiger partial charge on any atom is 0.244 e. The lowest BCUT2D eigenvalue weighted by Gasteiger charge is -2.36. The van der Waals surface area contributed by atoms with Crippen LogP contribution in [0.15, 0.2) is 14.7 Å². The Labute approximate surface area is 134 Å². The number of sulfonamides is 1. The van der Waals surface area contributed by atoms with Crippen molar-refractivity contribution in [3.05, 3.63) is 14.7 Å². The van der Waals surface area contributed by atoms with Crippen molar-refractivity contribution in [3.8, 4) is 0 Å². The standard InChI is InChI=1S/C11H15Br2NO3S2/c1-7-6-17-9(4-12)5-14(7)19(15,16)10-3-11(13)18-8(10)2/h3,7,9H,4-6H2,1-2H3. The minimum Gasteiger partial charge on any atom is -0.374 e. The molecule has 0 spiro atoms. The van der Waals surface area contributed by atoms with E-state index < -0.39 is 10.0 Å². The molecule has 0 radical (unpaired) electrons. The zero-order valence-electron chi connectivity index (χ0n) is 10.6. The van der Waals surface area contributed by atoms with Gasteiger partial charge in [-0.2, -0.15) is 4.31 Å². The van der Waals surface area contributed by atoms with E-state index in [4.69, 9.17) is 4.74 Å². The summed E-state index contributed by atoms with van der Waals surface area (Å²) in [4.78, 5) is 1.20. The lowest BCUT2D eigenvalue weighted by molar-refractivity contribution is -0.0139. The quantitative estimate of drug-likeness (QED) is 0.689. The van der Waals surface area contributed by atoms with Gasteiger partial charge >= 0.3 is 0 Å². The van der Waals surface area contributed by atoms with E-state index in [1.165, 1.54) is 11.3 Å². The first-order chi connectivity index (χ1) is 8.86. The van der Waals surface area contributed by atoms with Crippen LogP contribution in [0, 0.1) is 6.92 Å². The van der Waals surface area contributed by atoms with Gasteiger partial charge in [0.15, 0.2) is 0 Å². The summed E-state index contributed by atoms with van der Waals surface area (Å²) >= 11 is 8.13. The normalized spacial score (nSPS) is 25.7. The maximum atomic E-state index is 12.7. The molecule has 4 nitrogen and oxygen atoms in total.